The molecule has 4 aromatic rings. The molecule has 0 aliphatic rings. The molecule has 2 aromatic carbocycles. The zero-order valence-electron chi connectivity index (χ0n) is 16.1. The van der Waals surface area contributed by atoms with E-state index in [9.17, 15) is 9.59 Å². The minimum Gasteiger partial charge on any atom is -0.483 e. The molecule has 2 aromatic heterocycles. The van der Waals surface area contributed by atoms with Gasteiger partial charge in [-0.3, -0.25) is 20.4 Å². The summed E-state index contributed by atoms with van der Waals surface area (Å²) in [6.45, 7) is 1.54. The molecule has 30 heavy (non-hydrogen) atoms. The summed E-state index contributed by atoms with van der Waals surface area (Å²) < 4.78 is 7.09. The van der Waals surface area contributed by atoms with Gasteiger partial charge in [-0.25, -0.2) is 9.50 Å². The molecule has 0 aliphatic heterocycles. The normalized spacial score (nSPS) is 10.6. The van der Waals surface area contributed by atoms with Crippen molar-refractivity contribution in [3.05, 3.63) is 78.4 Å². The number of nitrogens with zero attached hydrogens (tertiary/aromatic N) is 4. The number of fused-ring (bicyclic) bond motifs is 1. The zero-order valence-corrected chi connectivity index (χ0v) is 16.1. The average molecular weight is 402 g/mol. The standard InChI is InChI=1S/C21H18N6O3/c1-14-11-12-22-21-23-19(26-27(14)21)20(29)25-24-18(28)13-30-17-10-6-5-9-16(17)15-7-3-2-4-8-15/h2-12H,13H2,1H3,(H,24,28)(H,25,29). The van der Waals surface area contributed by atoms with Gasteiger partial charge < -0.3 is 4.74 Å². The third kappa shape index (κ3) is 4.09. The Morgan fingerprint density at radius 1 is 1.00 bits per heavy atom. The highest BCUT2D eigenvalue weighted by Crippen LogP contribution is 2.29. The maximum absolute atomic E-state index is 12.2. The molecule has 150 valence electrons. The molecule has 2 N–H and O–H groups in total. The van der Waals surface area contributed by atoms with Crippen LogP contribution in [0.5, 0.6) is 5.75 Å². The van der Waals surface area contributed by atoms with Gasteiger partial charge in [-0.1, -0.05) is 48.5 Å². The van der Waals surface area contributed by atoms with Crippen LogP contribution in [0, 0.1) is 6.92 Å². The van der Waals surface area contributed by atoms with Gasteiger partial charge in [-0.15, -0.1) is 5.10 Å². The van der Waals surface area contributed by atoms with Crippen molar-refractivity contribution in [2.24, 2.45) is 0 Å². The molecule has 0 spiro atoms. The summed E-state index contributed by atoms with van der Waals surface area (Å²) in [5.41, 5.74) is 7.20. The second-order valence-corrected chi connectivity index (χ2v) is 6.39. The number of rotatable bonds is 5. The Morgan fingerprint density at radius 2 is 1.77 bits per heavy atom. The number of ether oxygens (including phenoxy) is 1. The van der Waals surface area contributed by atoms with E-state index in [1.54, 1.807) is 18.3 Å². The molecule has 2 amide bonds. The highest BCUT2D eigenvalue weighted by atomic mass is 16.5. The predicted molar refractivity (Wildman–Crippen MR) is 109 cm³/mol. The van der Waals surface area contributed by atoms with Crippen molar-refractivity contribution in [3.8, 4) is 16.9 Å². The number of hydrazine groups is 1. The van der Waals surface area contributed by atoms with E-state index >= 15 is 0 Å². The summed E-state index contributed by atoms with van der Waals surface area (Å²) in [7, 11) is 0. The Bertz CT molecular complexity index is 1210. The van der Waals surface area contributed by atoms with E-state index in [-0.39, 0.29) is 12.4 Å². The number of hydrogen-bond acceptors (Lipinski definition) is 6. The van der Waals surface area contributed by atoms with Gasteiger partial charge in [0.2, 0.25) is 5.82 Å². The largest absolute Gasteiger partial charge is 0.483 e. The van der Waals surface area contributed by atoms with Gasteiger partial charge in [0.05, 0.1) is 0 Å². The molecule has 9 heteroatoms. The summed E-state index contributed by atoms with van der Waals surface area (Å²) in [5.74, 6) is -0.421. The molecule has 2 heterocycles. The van der Waals surface area contributed by atoms with Crippen molar-refractivity contribution in [3.63, 3.8) is 0 Å². The number of amides is 2. The predicted octanol–water partition coefficient (Wildman–Crippen LogP) is 1.94. The maximum atomic E-state index is 12.2. The van der Waals surface area contributed by atoms with E-state index in [2.05, 4.69) is 25.9 Å². The highest BCUT2D eigenvalue weighted by molar-refractivity contribution is 5.92. The lowest BCUT2D eigenvalue weighted by Gasteiger charge is -2.12. The molecule has 0 bridgehead atoms. The number of nitrogens with one attached hydrogen (secondary N) is 2. The summed E-state index contributed by atoms with van der Waals surface area (Å²) in [6.07, 6.45) is 1.58. The van der Waals surface area contributed by atoms with Gasteiger partial charge in [0.25, 0.3) is 11.7 Å². The SMILES string of the molecule is Cc1ccnc2nc(C(=O)NNC(=O)COc3ccccc3-c3ccccc3)nn12. The molecule has 0 saturated carbocycles. The highest BCUT2D eigenvalue weighted by Gasteiger charge is 2.15. The summed E-state index contributed by atoms with van der Waals surface area (Å²) in [5, 5.41) is 4.08. The number of aromatic nitrogens is 4. The fraction of sp³-hybridized carbons (Fsp3) is 0.0952. The van der Waals surface area contributed by atoms with E-state index in [0.717, 1.165) is 16.8 Å². The molecule has 0 aliphatic carbocycles. The molecule has 0 fully saturated rings. The fourth-order valence-corrected chi connectivity index (χ4v) is 2.81. The second-order valence-electron chi connectivity index (χ2n) is 6.39. The first kappa shape index (κ1) is 19.1. The third-order valence-corrected chi connectivity index (χ3v) is 4.28. The lowest BCUT2D eigenvalue weighted by atomic mass is 10.1. The first-order chi connectivity index (χ1) is 14.6. The van der Waals surface area contributed by atoms with Crippen LogP contribution in [0.3, 0.4) is 0 Å². The first-order valence-electron chi connectivity index (χ1n) is 9.16. The van der Waals surface area contributed by atoms with E-state index in [0.29, 0.717) is 11.5 Å². The van der Waals surface area contributed by atoms with Gasteiger partial charge in [-0.2, -0.15) is 4.98 Å². The van der Waals surface area contributed by atoms with E-state index in [4.69, 9.17) is 4.74 Å². The van der Waals surface area contributed by atoms with Crippen molar-refractivity contribution in [2.45, 2.75) is 6.92 Å². The van der Waals surface area contributed by atoms with Crippen LogP contribution >= 0.6 is 0 Å². The fourth-order valence-electron chi connectivity index (χ4n) is 2.81. The Hall–Kier alpha value is -4.27. The lowest BCUT2D eigenvalue weighted by Crippen LogP contribution is -2.44. The summed E-state index contributed by atoms with van der Waals surface area (Å²) in [4.78, 5) is 32.4. The first-order valence-corrected chi connectivity index (χ1v) is 9.16. The van der Waals surface area contributed by atoms with Crippen LogP contribution in [0.25, 0.3) is 16.9 Å². The van der Waals surface area contributed by atoms with Gasteiger partial charge >= 0.3 is 5.91 Å². The Morgan fingerprint density at radius 3 is 2.57 bits per heavy atom. The van der Waals surface area contributed by atoms with Crippen LogP contribution in [0.4, 0.5) is 0 Å². The average Bonchev–Trinajstić information content (AvgIpc) is 3.23. The van der Waals surface area contributed by atoms with Crippen LogP contribution in [-0.4, -0.2) is 38.0 Å². The number of hydrogen-bond donors (Lipinski definition) is 2. The quantitative estimate of drug-likeness (QED) is 0.494. The van der Waals surface area contributed by atoms with Crippen LogP contribution in [0.1, 0.15) is 16.3 Å². The van der Waals surface area contributed by atoms with Crippen molar-refractivity contribution in [2.75, 3.05) is 6.61 Å². The molecular formula is C21H18N6O3. The molecular weight excluding hydrogens is 384 g/mol. The number of carbonyl (C=O) groups is 2. The Kier molecular flexibility index (Phi) is 5.33. The van der Waals surface area contributed by atoms with Crippen molar-refractivity contribution in [1.82, 2.24) is 30.4 Å². The van der Waals surface area contributed by atoms with Gasteiger partial charge in [0.1, 0.15) is 5.75 Å². The number of aryl methyl sites for hydroxylation is 1. The molecule has 0 radical (unpaired) electrons. The maximum Gasteiger partial charge on any atom is 0.309 e. The lowest BCUT2D eigenvalue weighted by molar-refractivity contribution is -0.123. The summed E-state index contributed by atoms with van der Waals surface area (Å²) in [6, 6.07) is 18.9. The number of para-hydroxylation sites is 1. The van der Waals surface area contributed by atoms with Gasteiger partial charge in [0, 0.05) is 17.5 Å². The molecule has 9 nitrogen and oxygen atoms in total. The van der Waals surface area contributed by atoms with E-state index < -0.39 is 11.8 Å². The van der Waals surface area contributed by atoms with Crippen LogP contribution < -0.4 is 15.6 Å². The molecule has 0 unspecified atom stereocenters. The van der Waals surface area contributed by atoms with Crippen LogP contribution in [0.15, 0.2) is 66.9 Å². The van der Waals surface area contributed by atoms with Crippen LogP contribution in [-0.2, 0) is 4.79 Å². The van der Waals surface area contributed by atoms with Gasteiger partial charge in [0.15, 0.2) is 6.61 Å². The van der Waals surface area contributed by atoms with Gasteiger partial charge in [-0.05, 0) is 24.6 Å². The molecule has 4 rings (SSSR count). The smallest absolute Gasteiger partial charge is 0.309 e. The minimum atomic E-state index is -0.655. The van der Waals surface area contributed by atoms with Crippen molar-refractivity contribution < 1.29 is 14.3 Å². The third-order valence-electron chi connectivity index (χ3n) is 4.28. The minimum absolute atomic E-state index is 0.104. The molecule has 0 atom stereocenters. The molecule has 0 saturated heterocycles. The number of benzene rings is 2. The number of carbonyl (C=O) groups excluding carboxylic acids is 2. The van der Waals surface area contributed by atoms with Crippen LogP contribution in [0.2, 0.25) is 0 Å². The summed E-state index contributed by atoms with van der Waals surface area (Å²) >= 11 is 0. The van der Waals surface area contributed by atoms with Crippen molar-refractivity contribution >= 4 is 17.6 Å². The van der Waals surface area contributed by atoms with E-state index in [1.165, 1.54) is 4.52 Å². The monoisotopic (exact) mass is 402 g/mol. The zero-order chi connectivity index (χ0) is 20.9. The Balaban J connectivity index is 1.35. The van der Waals surface area contributed by atoms with Crippen molar-refractivity contribution in [1.29, 1.82) is 0 Å². The second kappa shape index (κ2) is 8.39. The Labute approximate surface area is 171 Å². The van der Waals surface area contributed by atoms with E-state index in [1.807, 2.05) is 55.5 Å². The topological polar surface area (TPSA) is 111 Å².